The van der Waals surface area contributed by atoms with Crippen molar-refractivity contribution in [3.8, 4) is 11.5 Å². The molecule has 27 heavy (non-hydrogen) atoms. The molecule has 11 heteroatoms. The Kier molecular flexibility index (Phi) is 4.78. The lowest BCUT2D eigenvalue weighted by Crippen LogP contribution is -2.33. The van der Waals surface area contributed by atoms with Crippen molar-refractivity contribution in [2.45, 2.75) is 24.0 Å². The summed E-state index contributed by atoms with van der Waals surface area (Å²) in [5.41, 5.74) is -0.0354. The molecule has 0 aliphatic rings. The fourth-order valence-electron chi connectivity index (χ4n) is 2.72. The second-order valence-corrected chi connectivity index (χ2v) is 7.14. The van der Waals surface area contributed by atoms with Crippen LogP contribution in [0.4, 0.5) is 22.0 Å². The van der Waals surface area contributed by atoms with Crippen LogP contribution in [0.15, 0.2) is 23.2 Å². The van der Waals surface area contributed by atoms with Gasteiger partial charge in [-0.3, -0.25) is 0 Å². The van der Waals surface area contributed by atoms with Gasteiger partial charge >= 0.3 is 12.1 Å². The topological polar surface area (TPSA) is 35.6 Å². The molecule has 4 nitrogen and oxygen atoms in total. The largest absolute Gasteiger partial charge is 0.458 e. The number of halogens is 5. The van der Waals surface area contributed by atoms with Gasteiger partial charge in [0.25, 0.3) is 0 Å². The second-order valence-electron chi connectivity index (χ2n) is 5.89. The maximum absolute atomic E-state index is 13.6. The highest BCUT2D eigenvalue weighted by molar-refractivity contribution is 7.99. The van der Waals surface area contributed by atoms with Crippen LogP contribution in [0.2, 0.25) is 0 Å². The van der Waals surface area contributed by atoms with Crippen molar-refractivity contribution in [1.82, 2.24) is 19.1 Å². The number of hydrogen-bond acceptors (Lipinski definition) is 3. The molecule has 0 spiro atoms. The first kappa shape index (κ1) is 19.7. The summed E-state index contributed by atoms with van der Waals surface area (Å²) in [7, 11) is 9.23. The number of rotatable bonds is 4. The molecule has 0 aliphatic heterocycles. The van der Waals surface area contributed by atoms with E-state index < -0.39 is 17.7 Å². The maximum atomic E-state index is 13.6. The van der Waals surface area contributed by atoms with Crippen molar-refractivity contribution >= 4 is 36.4 Å². The maximum Gasteiger partial charge on any atom is 0.458 e. The molecule has 0 aliphatic carbocycles. The van der Waals surface area contributed by atoms with Crippen molar-refractivity contribution in [1.29, 1.82) is 0 Å². The molecule has 2 heterocycles. The molecule has 0 unspecified atom stereocenters. The quantitative estimate of drug-likeness (QED) is 0.382. The lowest BCUT2D eigenvalue weighted by Gasteiger charge is -2.19. The molecule has 2 radical (unpaired) electrons. The van der Waals surface area contributed by atoms with Gasteiger partial charge in [0.15, 0.2) is 13.7 Å². The van der Waals surface area contributed by atoms with Crippen LogP contribution in [-0.2, 0) is 20.0 Å². The molecule has 142 valence electrons. The Hall–Kier alpha value is -2.04. The van der Waals surface area contributed by atoms with Gasteiger partial charge in [0, 0.05) is 19.7 Å². The standard InChI is InChI=1S/C16H14BF5N4S/c1-4-27-13-11(24-14(17)26(13)3)12-23-9-7-8(5-6-10(9)25(12)2)15(18,19)16(20,21)22/h5-7H,4H2,1-3H3. The predicted molar refractivity (Wildman–Crippen MR) is 94.7 cm³/mol. The van der Waals surface area contributed by atoms with Gasteiger partial charge in [-0.25, -0.2) is 9.97 Å². The minimum atomic E-state index is -5.68. The van der Waals surface area contributed by atoms with E-state index in [9.17, 15) is 22.0 Å². The van der Waals surface area contributed by atoms with Crippen LogP contribution in [0, 0.1) is 0 Å². The molecule has 0 bridgehead atoms. The second kappa shape index (κ2) is 6.54. The fraction of sp³-hybridized carbons (Fsp3) is 0.375. The molecule has 0 N–H and O–H groups in total. The zero-order valence-corrected chi connectivity index (χ0v) is 15.4. The van der Waals surface area contributed by atoms with Gasteiger partial charge in [-0.1, -0.05) is 13.0 Å². The van der Waals surface area contributed by atoms with Crippen molar-refractivity contribution in [2.75, 3.05) is 5.75 Å². The number of alkyl halides is 5. The number of aryl methyl sites for hydroxylation is 1. The van der Waals surface area contributed by atoms with Crippen LogP contribution in [0.5, 0.6) is 0 Å². The number of thioether (sulfide) groups is 1. The number of hydrogen-bond donors (Lipinski definition) is 0. The van der Waals surface area contributed by atoms with Gasteiger partial charge in [0.1, 0.15) is 10.7 Å². The molecule has 0 fully saturated rings. The van der Waals surface area contributed by atoms with E-state index in [1.165, 1.54) is 17.8 Å². The number of aromatic nitrogens is 4. The monoisotopic (exact) mass is 400 g/mol. The van der Waals surface area contributed by atoms with Gasteiger partial charge < -0.3 is 9.13 Å². The van der Waals surface area contributed by atoms with Crippen LogP contribution in [0.1, 0.15) is 12.5 Å². The minimum absolute atomic E-state index is 0.0191. The highest BCUT2D eigenvalue weighted by Crippen LogP contribution is 2.44. The molecular formula is C16H14BF5N4S. The van der Waals surface area contributed by atoms with Crippen molar-refractivity contribution in [3.63, 3.8) is 0 Å². The molecule has 1 aromatic carbocycles. The normalized spacial score (nSPS) is 12.9. The van der Waals surface area contributed by atoms with E-state index in [2.05, 4.69) is 9.97 Å². The van der Waals surface area contributed by atoms with Crippen molar-refractivity contribution in [2.24, 2.45) is 14.1 Å². The third-order valence-electron chi connectivity index (χ3n) is 4.17. The van der Waals surface area contributed by atoms with Gasteiger partial charge in [-0.2, -0.15) is 22.0 Å². The lowest BCUT2D eigenvalue weighted by molar-refractivity contribution is -0.289. The Balaban J connectivity index is 2.18. The number of nitrogens with zero attached hydrogens (tertiary/aromatic N) is 4. The summed E-state index contributed by atoms with van der Waals surface area (Å²) in [5, 5.41) is 0.731. The van der Waals surface area contributed by atoms with Gasteiger partial charge in [0.05, 0.1) is 16.8 Å². The van der Waals surface area contributed by atoms with Gasteiger partial charge in [-0.15, -0.1) is 11.8 Å². The van der Waals surface area contributed by atoms with E-state index in [1.54, 1.807) is 23.2 Å². The van der Waals surface area contributed by atoms with E-state index in [0.717, 1.165) is 22.9 Å². The summed E-state index contributed by atoms with van der Waals surface area (Å²) in [4.78, 5) is 8.53. The first-order valence-corrected chi connectivity index (χ1v) is 8.84. The first-order valence-electron chi connectivity index (χ1n) is 7.85. The summed E-state index contributed by atoms with van der Waals surface area (Å²) < 4.78 is 68.5. The van der Waals surface area contributed by atoms with Crippen LogP contribution in [0.3, 0.4) is 0 Å². The van der Waals surface area contributed by atoms with E-state index in [4.69, 9.17) is 7.85 Å². The summed E-state index contributed by atoms with van der Waals surface area (Å²) in [6.45, 7) is 1.94. The SMILES string of the molecule is [B]c1nc(-c2nc3cc(C(F)(F)C(F)(F)F)ccc3n2C)c(SCC)n1C. The molecule has 0 atom stereocenters. The number of benzene rings is 1. The molecule has 3 aromatic rings. The van der Waals surface area contributed by atoms with Crippen LogP contribution >= 0.6 is 11.8 Å². The Morgan fingerprint density at radius 2 is 1.74 bits per heavy atom. The molecule has 0 saturated carbocycles. The van der Waals surface area contributed by atoms with Crippen molar-refractivity contribution < 1.29 is 22.0 Å². The predicted octanol–water partition coefficient (Wildman–Crippen LogP) is 3.53. The lowest BCUT2D eigenvalue weighted by atomic mass is 10.1. The minimum Gasteiger partial charge on any atom is -0.335 e. The van der Waals surface area contributed by atoms with Gasteiger partial charge in [-0.05, 0) is 17.9 Å². The average Bonchev–Trinajstić information content (AvgIpc) is 3.05. The number of fused-ring (bicyclic) bond motifs is 1. The summed E-state index contributed by atoms with van der Waals surface area (Å²) in [6.07, 6.45) is -5.68. The van der Waals surface area contributed by atoms with E-state index in [-0.39, 0.29) is 11.2 Å². The van der Waals surface area contributed by atoms with Crippen LogP contribution in [-0.4, -0.2) is 38.9 Å². The molecule has 0 saturated heterocycles. The Labute approximate surface area is 157 Å². The molecular weight excluding hydrogens is 386 g/mol. The fourth-order valence-corrected chi connectivity index (χ4v) is 3.55. The highest BCUT2D eigenvalue weighted by Gasteiger charge is 2.58. The molecule has 3 rings (SSSR count). The first-order chi connectivity index (χ1) is 12.5. The molecule has 2 aromatic heterocycles. The van der Waals surface area contributed by atoms with E-state index in [0.29, 0.717) is 17.0 Å². The number of imidazole rings is 2. The van der Waals surface area contributed by atoms with Crippen LogP contribution in [0.25, 0.3) is 22.6 Å². The Bertz CT molecular complexity index is 1010. The van der Waals surface area contributed by atoms with Crippen LogP contribution < -0.4 is 5.72 Å². The third kappa shape index (κ3) is 3.11. The summed E-state index contributed by atoms with van der Waals surface area (Å²) in [6, 6.07) is 2.71. The average molecular weight is 400 g/mol. The smallest absolute Gasteiger partial charge is 0.335 e. The highest BCUT2D eigenvalue weighted by atomic mass is 32.2. The Morgan fingerprint density at radius 3 is 2.33 bits per heavy atom. The van der Waals surface area contributed by atoms with E-state index >= 15 is 0 Å². The summed E-state index contributed by atoms with van der Waals surface area (Å²) in [5.74, 6) is -3.89. The Morgan fingerprint density at radius 1 is 1.07 bits per heavy atom. The summed E-state index contributed by atoms with van der Waals surface area (Å²) >= 11 is 1.47. The zero-order chi connectivity index (χ0) is 20.1. The zero-order valence-electron chi connectivity index (χ0n) is 14.6. The third-order valence-corrected chi connectivity index (χ3v) is 5.20. The molecule has 0 amide bonds. The van der Waals surface area contributed by atoms with E-state index in [1.807, 2.05) is 6.92 Å². The van der Waals surface area contributed by atoms with Gasteiger partial charge in [0.2, 0.25) is 0 Å². The van der Waals surface area contributed by atoms with Crippen molar-refractivity contribution in [3.05, 3.63) is 23.8 Å².